The van der Waals surface area contributed by atoms with Gasteiger partial charge in [-0.2, -0.15) is 0 Å². The van der Waals surface area contributed by atoms with E-state index in [9.17, 15) is 14.4 Å². The van der Waals surface area contributed by atoms with E-state index in [1.165, 1.54) is 12.0 Å². The van der Waals surface area contributed by atoms with Crippen molar-refractivity contribution in [3.05, 3.63) is 41.1 Å². The van der Waals surface area contributed by atoms with Crippen LogP contribution in [0.15, 0.2) is 35.5 Å². The van der Waals surface area contributed by atoms with Gasteiger partial charge >= 0.3 is 5.97 Å². The van der Waals surface area contributed by atoms with Crippen LogP contribution in [-0.4, -0.2) is 73.9 Å². The van der Waals surface area contributed by atoms with E-state index >= 15 is 0 Å². The molecule has 1 aromatic carbocycles. The van der Waals surface area contributed by atoms with Gasteiger partial charge in [0, 0.05) is 30.9 Å². The Balaban J connectivity index is 1.66. The highest BCUT2D eigenvalue weighted by Crippen LogP contribution is 2.23. The largest absolute Gasteiger partial charge is 0.466 e. The number of aliphatic hydroxyl groups excluding tert-OH is 1. The van der Waals surface area contributed by atoms with Crippen LogP contribution < -0.4 is 10.6 Å². The van der Waals surface area contributed by atoms with E-state index < -0.39 is 11.9 Å². The Hall–Kier alpha value is -2.91. The van der Waals surface area contributed by atoms with Crippen LogP contribution >= 0.6 is 0 Å². The summed E-state index contributed by atoms with van der Waals surface area (Å²) in [5.41, 5.74) is 1.34. The first-order chi connectivity index (χ1) is 14.0. The van der Waals surface area contributed by atoms with Crippen molar-refractivity contribution >= 4 is 23.5 Å². The monoisotopic (exact) mass is 403 g/mol. The quantitative estimate of drug-likeness (QED) is 0.533. The lowest BCUT2D eigenvalue weighted by molar-refractivity contribution is -0.136. The van der Waals surface area contributed by atoms with Gasteiger partial charge in [-0.05, 0) is 37.1 Å². The number of aliphatic hydroxyl groups is 1. The molecule has 2 aliphatic rings. The summed E-state index contributed by atoms with van der Waals surface area (Å²) >= 11 is 0. The topological polar surface area (TPSA) is 117 Å². The number of carbonyl (C=O) groups is 3. The Bertz CT molecular complexity index is 799. The number of methoxy groups -OCH3 is 1. The summed E-state index contributed by atoms with van der Waals surface area (Å²) in [5, 5.41) is 14.9. The third kappa shape index (κ3) is 4.93. The summed E-state index contributed by atoms with van der Waals surface area (Å²) in [6.45, 7) is 1.19. The zero-order valence-electron chi connectivity index (χ0n) is 16.3. The molecule has 2 amide bonds. The van der Waals surface area contributed by atoms with Crippen LogP contribution in [0.2, 0.25) is 0 Å². The van der Waals surface area contributed by atoms with Crippen molar-refractivity contribution in [2.45, 2.75) is 18.9 Å². The van der Waals surface area contributed by atoms with Crippen LogP contribution in [0.4, 0.5) is 5.69 Å². The zero-order valence-corrected chi connectivity index (χ0v) is 16.3. The van der Waals surface area contributed by atoms with Gasteiger partial charge < -0.3 is 30.1 Å². The fourth-order valence-electron chi connectivity index (χ4n) is 3.31. The van der Waals surface area contributed by atoms with Crippen molar-refractivity contribution < 1.29 is 29.0 Å². The summed E-state index contributed by atoms with van der Waals surface area (Å²) in [4.78, 5) is 38.2. The Morgan fingerprint density at radius 1 is 1.31 bits per heavy atom. The Morgan fingerprint density at radius 2 is 2.07 bits per heavy atom. The number of nitrogens with zero attached hydrogens (tertiary/aromatic N) is 1. The minimum absolute atomic E-state index is 0.0676. The normalized spacial score (nSPS) is 18.9. The Kier molecular flexibility index (Phi) is 6.84. The molecule has 0 spiro atoms. The van der Waals surface area contributed by atoms with Gasteiger partial charge in [0.1, 0.15) is 5.70 Å². The summed E-state index contributed by atoms with van der Waals surface area (Å²) < 4.78 is 10.2. The Morgan fingerprint density at radius 3 is 2.69 bits per heavy atom. The number of β-amino-alcohol motifs (C(OH)–C–C–N with tert-alkyl or cyclic N) is 1. The zero-order chi connectivity index (χ0) is 20.8. The number of ether oxygens (including phenoxy) is 2. The molecule has 2 aliphatic heterocycles. The van der Waals surface area contributed by atoms with Crippen LogP contribution in [0, 0.1) is 0 Å². The maximum atomic E-state index is 12.5. The van der Waals surface area contributed by atoms with Crippen molar-refractivity contribution in [2.75, 3.05) is 45.3 Å². The molecule has 1 unspecified atom stereocenters. The van der Waals surface area contributed by atoms with Crippen molar-refractivity contribution in [2.24, 2.45) is 0 Å². The van der Waals surface area contributed by atoms with Crippen molar-refractivity contribution in [3.63, 3.8) is 0 Å². The van der Waals surface area contributed by atoms with E-state index in [-0.39, 0.29) is 43.0 Å². The summed E-state index contributed by atoms with van der Waals surface area (Å²) in [5.74, 6) is -1.20. The van der Waals surface area contributed by atoms with E-state index in [1.54, 1.807) is 24.3 Å². The third-order valence-corrected chi connectivity index (χ3v) is 4.88. The number of anilines is 1. The van der Waals surface area contributed by atoms with E-state index in [2.05, 4.69) is 10.6 Å². The van der Waals surface area contributed by atoms with Gasteiger partial charge in [-0.1, -0.05) is 0 Å². The molecule has 1 atom stereocenters. The summed E-state index contributed by atoms with van der Waals surface area (Å²) in [7, 11) is 1.25. The van der Waals surface area contributed by atoms with E-state index in [1.807, 2.05) is 0 Å². The third-order valence-electron chi connectivity index (χ3n) is 4.88. The van der Waals surface area contributed by atoms with Crippen LogP contribution in [0.25, 0.3) is 0 Å². The van der Waals surface area contributed by atoms with Crippen molar-refractivity contribution in [3.8, 4) is 0 Å². The molecule has 0 radical (unpaired) electrons. The molecule has 9 nitrogen and oxygen atoms in total. The van der Waals surface area contributed by atoms with Crippen molar-refractivity contribution in [1.29, 1.82) is 0 Å². The van der Waals surface area contributed by atoms with Gasteiger partial charge in [-0.3, -0.25) is 9.59 Å². The molecule has 9 heteroatoms. The number of carbonyl (C=O) groups excluding carboxylic acids is 3. The molecule has 0 bridgehead atoms. The molecule has 1 aromatic rings. The molecule has 156 valence electrons. The van der Waals surface area contributed by atoms with E-state index in [0.717, 1.165) is 19.4 Å². The first-order valence-corrected chi connectivity index (χ1v) is 9.52. The second-order valence-corrected chi connectivity index (χ2v) is 6.84. The molecule has 2 heterocycles. The van der Waals surface area contributed by atoms with Gasteiger partial charge in [-0.15, -0.1) is 0 Å². The van der Waals surface area contributed by atoms with Crippen molar-refractivity contribution in [1.82, 2.24) is 10.2 Å². The van der Waals surface area contributed by atoms with Gasteiger partial charge in [0.05, 0.1) is 31.9 Å². The number of hydrogen-bond donors (Lipinski definition) is 3. The second kappa shape index (κ2) is 9.53. The number of hydrogen-bond acceptors (Lipinski definition) is 7. The molecule has 29 heavy (non-hydrogen) atoms. The van der Waals surface area contributed by atoms with Gasteiger partial charge in [0.2, 0.25) is 0 Å². The van der Waals surface area contributed by atoms with Crippen LogP contribution in [0.1, 0.15) is 23.2 Å². The molecule has 3 rings (SSSR count). The molecular weight excluding hydrogens is 378 g/mol. The molecular formula is C20H25N3O6. The molecule has 3 N–H and O–H groups in total. The standard InChI is InChI=1S/C20H25N3O6/c1-28-20(27)16-12-23(8-9-24)19(26)17(16)22-14-6-4-13(5-7-14)18(25)21-11-15-3-2-10-29-15/h4-7,15,22,24H,2-3,8-12H2,1H3,(H,21,25). The number of amides is 2. The highest BCUT2D eigenvalue weighted by molar-refractivity contribution is 6.08. The first kappa shape index (κ1) is 20.8. The van der Waals surface area contributed by atoms with E-state index in [0.29, 0.717) is 17.8 Å². The lowest BCUT2D eigenvalue weighted by Crippen LogP contribution is -2.31. The maximum absolute atomic E-state index is 12.5. The summed E-state index contributed by atoms with van der Waals surface area (Å²) in [6, 6.07) is 6.59. The number of benzene rings is 1. The fourth-order valence-corrected chi connectivity index (χ4v) is 3.31. The molecule has 0 aromatic heterocycles. The second-order valence-electron chi connectivity index (χ2n) is 6.84. The average molecular weight is 403 g/mol. The minimum atomic E-state index is -0.605. The highest BCUT2D eigenvalue weighted by Gasteiger charge is 2.34. The molecule has 0 saturated carbocycles. The number of esters is 1. The van der Waals surface area contributed by atoms with Gasteiger partial charge in [-0.25, -0.2) is 4.79 Å². The maximum Gasteiger partial charge on any atom is 0.337 e. The van der Waals surface area contributed by atoms with Crippen LogP contribution in [0.5, 0.6) is 0 Å². The van der Waals surface area contributed by atoms with Gasteiger partial charge in [0.25, 0.3) is 11.8 Å². The minimum Gasteiger partial charge on any atom is -0.466 e. The highest BCUT2D eigenvalue weighted by atomic mass is 16.5. The van der Waals surface area contributed by atoms with Gasteiger partial charge in [0.15, 0.2) is 0 Å². The number of rotatable bonds is 8. The lowest BCUT2D eigenvalue weighted by atomic mass is 10.1. The molecule has 1 saturated heterocycles. The summed E-state index contributed by atoms with van der Waals surface area (Å²) in [6.07, 6.45) is 2.03. The SMILES string of the molecule is COC(=O)C1=C(Nc2ccc(C(=O)NCC3CCCO3)cc2)C(=O)N(CCO)C1. The predicted octanol–water partition coefficient (Wildman–Crippen LogP) is 0.269. The predicted molar refractivity (Wildman–Crippen MR) is 104 cm³/mol. The van der Waals surface area contributed by atoms with Crippen LogP contribution in [0.3, 0.4) is 0 Å². The molecule has 0 aliphatic carbocycles. The molecule has 1 fully saturated rings. The average Bonchev–Trinajstić information content (AvgIpc) is 3.36. The first-order valence-electron chi connectivity index (χ1n) is 9.52. The van der Waals surface area contributed by atoms with Crippen LogP contribution in [-0.2, 0) is 19.1 Å². The lowest BCUT2D eigenvalue weighted by Gasteiger charge is -2.15. The number of nitrogens with one attached hydrogen (secondary N) is 2. The van der Waals surface area contributed by atoms with E-state index in [4.69, 9.17) is 14.6 Å². The fraction of sp³-hybridized carbons (Fsp3) is 0.450. The smallest absolute Gasteiger partial charge is 0.337 e. The Labute approximate surface area is 168 Å².